The molecule has 4 aliphatic heterocycles. The van der Waals surface area contributed by atoms with Gasteiger partial charge in [-0.25, -0.2) is 4.39 Å². The molecule has 0 radical (unpaired) electrons. The number of piperidine rings is 2. The van der Waals surface area contributed by atoms with Crippen molar-refractivity contribution in [3.05, 3.63) is 63.9 Å². The van der Waals surface area contributed by atoms with Gasteiger partial charge in [0.15, 0.2) is 0 Å². The number of halogens is 2. The Morgan fingerprint density at radius 1 is 0.974 bits per heavy atom. The molecule has 0 unspecified atom stereocenters. The fourth-order valence-electron chi connectivity index (χ4n) is 6.23. The van der Waals surface area contributed by atoms with E-state index in [1.807, 2.05) is 18.2 Å². The van der Waals surface area contributed by atoms with E-state index in [0.29, 0.717) is 35.9 Å². The molecule has 0 spiro atoms. The highest BCUT2D eigenvalue weighted by molar-refractivity contribution is 6.31. The van der Waals surface area contributed by atoms with Crippen LogP contribution >= 0.6 is 11.6 Å². The van der Waals surface area contributed by atoms with E-state index in [0.717, 1.165) is 42.8 Å². The molecule has 9 heteroatoms. The Labute approximate surface area is 226 Å². The number of hydrogen-bond donors (Lipinski definition) is 2. The SMILES string of the molecule is Fc1ccc(C2CNC2)c(Cl)c1.O=C1NC(=O)C2(N3Cc4cc(OC5CCCCC5)ccc4C3=O)CC1C2. The highest BCUT2D eigenvalue weighted by Crippen LogP contribution is 2.49. The number of nitrogens with zero attached hydrogens (tertiary/aromatic N) is 1. The minimum absolute atomic E-state index is 0.118. The number of imide groups is 1. The van der Waals surface area contributed by atoms with Crippen LogP contribution in [0.25, 0.3) is 0 Å². The standard InChI is InChI=1S/C20H22N2O4.C9H9ClFN/c23-17-13-9-20(10-13,19(25)21-17)22-11-12-8-15(6-7-16(12)18(22)24)26-14-4-2-1-3-5-14;10-9-3-7(11)1-2-8(9)6-4-12-5-6/h6-8,13-14H,1-5,9-11H2,(H,21,23,25);1-3,6,12H,4-5H2. The number of benzene rings is 2. The zero-order valence-corrected chi connectivity index (χ0v) is 21.9. The molecule has 200 valence electrons. The third kappa shape index (κ3) is 4.47. The fourth-order valence-corrected chi connectivity index (χ4v) is 6.55. The molecule has 3 amide bonds. The summed E-state index contributed by atoms with van der Waals surface area (Å²) in [6, 6.07) is 10.2. The van der Waals surface area contributed by atoms with Crippen molar-refractivity contribution in [2.75, 3.05) is 13.1 Å². The third-order valence-electron chi connectivity index (χ3n) is 8.63. The van der Waals surface area contributed by atoms with Crippen LogP contribution in [0.4, 0.5) is 4.39 Å². The molecule has 2 saturated carbocycles. The summed E-state index contributed by atoms with van der Waals surface area (Å²) >= 11 is 5.87. The van der Waals surface area contributed by atoms with Crippen molar-refractivity contribution >= 4 is 29.3 Å². The molecule has 38 heavy (non-hydrogen) atoms. The second-order valence-corrected chi connectivity index (χ2v) is 11.5. The van der Waals surface area contributed by atoms with Gasteiger partial charge in [-0.05, 0) is 80.0 Å². The predicted molar refractivity (Wildman–Crippen MR) is 139 cm³/mol. The molecule has 6 aliphatic rings. The van der Waals surface area contributed by atoms with Crippen LogP contribution in [0.3, 0.4) is 0 Å². The first-order valence-corrected chi connectivity index (χ1v) is 13.8. The quantitative estimate of drug-likeness (QED) is 0.565. The van der Waals surface area contributed by atoms with Crippen molar-refractivity contribution < 1.29 is 23.5 Å². The Kier molecular flexibility index (Phi) is 6.64. The largest absolute Gasteiger partial charge is 0.490 e. The van der Waals surface area contributed by atoms with Crippen LogP contribution in [0.5, 0.6) is 5.75 Å². The lowest BCUT2D eigenvalue weighted by Gasteiger charge is -2.53. The van der Waals surface area contributed by atoms with E-state index in [4.69, 9.17) is 16.3 Å². The molecule has 4 heterocycles. The topological polar surface area (TPSA) is 87.7 Å². The molecule has 7 nitrogen and oxygen atoms in total. The van der Waals surface area contributed by atoms with Gasteiger partial charge in [-0.2, -0.15) is 0 Å². The first-order chi connectivity index (χ1) is 18.3. The molecule has 3 saturated heterocycles. The van der Waals surface area contributed by atoms with Crippen LogP contribution in [0.2, 0.25) is 5.02 Å². The first-order valence-electron chi connectivity index (χ1n) is 13.5. The van der Waals surface area contributed by atoms with Gasteiger partial charge in [-0.3, -0.25) is 19.7 Å². The van der Waals surface area contributed by atoms with Crippen LogP contribution in [0.15, 0.2) is 36.4 Å². The van der Waals surface area contributed by atoms with Crippen molar-refractivity contribution in [2.24, 2.45) is 5.92 Å². The van der Waals surface area contributed by atoms with Crippen molar-refractivity contribution in [1.29, 1.82) is 0 Å². The van der Waals surface area contributed by atoms with Crippen molar-refractivity contribution in [2.45, 2.75) is 69.1 Å². The van der Waals surface area contributed by atoms with Crippen LogP contribution in [0.1, 0.15) is 72.3 Å². The van der Waals surface area contributed by atoms with E-state index in [9.17, 15) is 18.8 Å². The number of nitrogens with one attached hydrogen (secondary N) is 2. The molecule has 5 fully saturated rings. The zero-order chi connectivity index (χ0) is 26.4. The summed E-state index contributed by atoms with van der Waals surface area (Å²) < 4.78 is 18.7. The Morgan fingerprint density at radius 2 is 1.74 bits per heavy atom. The van der Waals surface area contributed by atoms with E-state index >= 15 is 0 Å². The van der Waals surface area contributed by atoms with Gasteiger partial charge < -0.3 is 15.0 Å². The van der Waals surface area contributed by atoms with E-state index in [-0.39, 0.29) is 35.6 Å². The molecule has 2 bridgehead atoms. The van der Waals surface area contributed by atoms with Crippen LogP contribution in [0, 0.1) is 11.7 Å². The normalized spacial score (nSPS) is 26.5. The molecule has 2 aromatic rings. The molecule has 2 aromatic carbocycles. The molecular formula is C29H31ClFN3O4. The Hall–Kier alpha value is -2.97. The summed E-state index contributed by atoms with van der Waals surface area (Å²) in [5.41, 5.74) is 1.75. The van der Waals surface area contributed by atoms with Crippen molar-refractivity contribution in [3.8, 4) is 5.75 Å². The minimum atomic E-state index is -0.848. The van der Waals surface area contributed by atoms with Crippen molar-refractivity contribution in [1.82, 2.24) is 15.5 Å². The molecule has 2 N–H and O–H groups in total. The zero-order valence-electron chi connectivity index (χ0n) is 21.1. The summed E-state index contributed by atoms with van der Waals surface area (Å²) in [6.07, 6.45) is 7.02. The second-order valence-electron chi connectivity index (χ2n) is 11.1. The van der Waals surface area contributed by atoms with Crippen molar-refractivity contribution in [3.63, 3.8) is 0 Å². The maximum absolute atomic E-state index is 12.9. The Bertz CT molecular complexity index is 1280. The van der Waals surface area contributed by atoms with Crippen LogP contribution < -0.4 is 15.4 Å². The second kappa shape index (κ2) is 9.97. The van der Waals surface area contributed by atoms with Gasteiger partial charge in [0.2, 0.25) is 5.91 Å². The van der Waals surface area contributed by atoms with Crippen LogP contribution in [-0.2, 0) is 16.1 Å². The lowest BCUT2D eigenvalue weighted by Crippen LogP contribution is -2.73. The molecule has 0 atom stereocenters. The monoisotopic (exact) mass is 539 g/mol. The average molecular weight is 540 g/mol. The smallest absolute Gasteiger partial charge is 0.255 e. The molecule has 0 aromatic heterocycles. The predicted octanol–water partition coefficient (Wildman–Crippen LogP) is 4.33. The maximum atomic E-state index is 12.9. The molecular weight excluding hydrogens is 509 g/mol. The van der Waals surface area contributed by atoms with E-state index < -0.39 is 5.54 Å². The first kappa shape index (κ1) is 25.3. The summed E-state index contributed by atoms with van der Waals surface area (Å²) in [4.78, 5) is 38.6. The lowest BCUT2D eigenvalue weighted by molar-refractivity contribution is -0.160. The van der Waals surface area contributed by atoms with E-state index in [2.05, 4.69) is 10.6 Å². The van der Waals surface area contributed by atoms with Gasteiger partial charge in [0.25, 0.3) is 11.8 Å². The number of rotatable bonds is 4. The number of fused-ring (bicyclic) bond motifs is 3. The van der Waals surface area contributed by atoms with Gasteiger partial charge in [0.1, 0.15) is 17.1 Å². The third-order valence-corrected chi connectivity index (χ3v) is 8.96. The minimum Gasteiger partial charge on any atom is -0.490 e. The number of hydrogen-bond acceptors (Lipinski definition) is 5. The Morgan fingerprint density at radius 3 is 2.39 bits per heavy atom. The number of amides is 3. The molecule has 8 rings (SSSR count). The number of carbonyl (C=O) groups excluding carboxylic acids is 3. The summed E-state index contributed by atoms with van der Waals surface area (Å²) in [7, 11) is 0. The lowest BCUT2D eigenvalue weighted by atomic mass is 9.63. The van der Waals surface area contributed by atoms with Gasteiger partial charge >= 0.3 is 0 Å². The molecule has 2 aliphatic carbocycles. The van der Waals surface area contributed by atoms with Gasteiger partial charge in [-0.15, -0.1) is 0 Å². The maximum Gasteiger partial charge on any atom is 0.255 e. The number of ether oxygens (including phenoxy) is 1. The summed E-state index contributed by atoms with van der Waals surface area (Å²) in [6.45, 7) is 2.31. The number of carbonyl (C=O) groups is 3. The van der Waals surface area contributed by atoms with Gasteiger partial charge in [0, 0.05) is 42.1 Å². The fraction of sp³-hybridized carbons (Fsp3) is 0.483. The Balaban J connectivity index is 0.000000184. The summed E-state index contributed by atoms with van der Waals surface area (Å²) in [5.74, 6) is 0.210. The average Bonchev–Trinajstić information content (AvgIpc) is 3.16. The summed E-state index contributed by atoms with van der Waals surface area (Å²) in [5, 5.41) is 6.11. The van der Waals surface area contributed by atoms with E-state index in [1.165, 1.54) is 31.4 Å². The highest BCUT2D eigenvalue weighted by Gasteiger charge is 2.62. The van der Waals surface area contributed by atoms with Gasteiger partial charge in [-0.1, -0.05) is 24.1 Å². The van der Waals surface area contributed by atoms with E-state index in [1.54, 1.807) is 11.0 Å². The van der Waals surface area contributed by atoms with Crippen LogP contribution in [-0.4, -0.2) is 47.4 Å². The van der Waals surface area contributed by atoms with Gasteiger partial charge in [0.05, 0.1) is 6.10 Å². The highest BCUT2D eigenvalue weighted by atomic mass is 35.5.